The molecule has 5 aliphatic rings. The average Bonchev–Trinajstić information content (AvgIpc) is 3.28. The number of aromatic hydroxyl groups is 2. The van der Waals surface area contributed by atoms with E-state index >= 15 is 0 Å². The van der Waals surface area contributed by atoms with Gasteiger partial charge in [-0.1, -0.05) is 6.58 Å². The van der Waals surface area contributed by atoms with Crippen LogP contribution in [0.5, 0.6) is 11.8 Å². The van der Waals surface area contributed by atoms with E-state index in [0.717, 1.165) is 28.5 Å². The molecule has 0 unspecified atom stereocenters. The standard InChI is InChI=1S/C23H25NO4S/c1-11-16-3-4-29-20(16)23(14-6-12-5-13(8-14)9-15(23)7-12)19-18(11)21(26)24(22(19)27)10-17(25)28-2/h3-4,12-15,26-27H,1,5-10H2,2H3. The minimum atomic E-state index is -0.498. The highest BCUT2D eigenvalue weighted by atomic mass is 32.1. The largest absolute Gasteiger partial charge is 0.494 e. The Bertz CT molecular complexity index is 1030. The van der Waals surface area contributed by atoms with Crippen molar-refractivity contribution in [1.29, 1.82) is 0 Å². The lowest BCUT2D eigenvalue weighted by atomic mass is 9.42. The van der Waals surface area contributed by atoms with Gasteiger partial charge in [0.1, 0.15) is 6.54 Å². The maximum absolute atomic E-state index is 12.0. The molecule has 0 aliphatic heterocycles. The van der Waals surface area contributed by atoms with Gasteiger partial charge >= 0.3 is 5.97 Å². The normalized spacial score (nSPS) is 33.8. The zero-order valence-electron chi connectivity index (χ0n) is 16.5. The Morgan fingerprint density at radius 2 is 1.86 bits per heavy atom. The lowest BCUT2D eigenvalue weighted by Crippen LogP contribution is -2.56. The van der Waals surface area contributed by atoms with Gasteiger partial charge in [0.25, 0.3) is 0 Å². The number of carbonyl (C=O) groups is 1. The predicted octanol–water partition coefficient (Wildman–Crippen LogP) is 4.25. The summed E-state index contributed by atoms with van der Waals surface area (Å²) in [6, 6.07) is 2.10. The van der Waals surface area contributed by atoms with Crippen LogP contribution < -0.4 is 0 Å². The van der Waals surface area contributed by atoms with Crippen molar-refractivity contribution >= 4 is 22.9 Å². The van der Waals surface area contributed by atoms with E-state index in [4.69, 9.17) is 4.74 Å². The van der Waals surface area contributed by atoms with Crippen LogP contribution in [-0.4, -0.2) is 27.9 Å². The maximum atomic E-state index is 12.0. The second kappa shape index (κ2) is 5.69. The first-order chi connectivity index (χ1) is 14.0. The van der Waals surface area contributed by atoms with Crippen molar-refractivity contribution in [2.75, 3.05) is 7.11 Å². The Morgan fingerprint density at radius 3 is 2.48 bits per heavy atom. The van der Waals surface area contributed by atoms with Gasteiger partial charge in [-0.05, 0) is 78.4 Å². The minimum Gasteiger partial charge on any atom is -0.494 e. The molecule has 5 aliphatic carbocycles. The summed E-state index contributed by atoms with van der Waals surface area (Å²) in [7, 11) is 1.32. The van der Waals surface area contributed by atoms with Gasteiger partial charge in [-0.2, -0.15) is 0 Å². The van der Waals surface area contributed by atoms with E-state index in [-0.39, 0.29) is 23.7 Å². The summed E-state index contributed by atoms with van der Waals surface area (Å²) < 4.78 is 6.11. The smallest absolute Gasteiger partial charge is 0.325 e. The van der Waals surface area contributed by atoms with Gasteiger partial charge < -0.3 is 14.9 Å². The number of hydrogen-bond acceptors (Lipinski definition) is 5. The molecule has 0 amide bonds. The second-order valence-corrected chi connectivity index (χ2v) is 10.3. The minimum absolute atomic E-state index is 0.00979. The summed E-state index contributed by atoms with van der Waals surface area (Å²) in [4.78, 5) is 13.3. The Kier molecular flexibility index (Phi) is 3.46. The molecule has 4 fully saturated rings. The Hall–Kier alpha value is -2.21. The third kappa shape index (κ3) is 1.98. The Labute approximate surface area is 173 Å². The van der Waals surface area contributed by atoms with Gasteiger partial charge in [0.05, 0.1) is 12.7 Å². The van der Waals surface area contributed by atoms with Crippen molar-refractivity contribution in [3.8, 4) is 11.8 Å². The van der Waals surface area contributed by atoms with Crippen molar-refractivity contribution in [3.63, 3.8) is 0 Å². The molecule has 1 spiro atoms. The van der Waals surface area contributed by atoms with Crippen LogP contribution in [0.2, 0.25) is 0 Å². The third-order valence-corrected chi connectivity index (χ3v) is 9.30. The molecule has 5 nitrogen and oxygen atoms in total. The fraction of sp³-hybridized carbons (Fsp3) is 0.522. The number of ether oxygens (including phenoxy) is 1. The first-order valence-electron chi connectivity index (χ1n) is 10.5. The molecule has 0 saturated heterocycles. The van der Waals surface area contributed by atoms with E-state index in [1.165, 1.54) is 48.7 Å². The Morgan fingerprint density at radius 1 is 1.21 bits per heavy atom. The first-order valence-corrected chi connectivity index (χ1v) is 11.3. The maximum Gasteiger partial charge on any atom is 0.325 e. The van der Waals surface area contributed by atoms with E-state index in [2.05, 4.69) is 18.0 Å². The number of rotatable bonds is 2. The highest BCUT2D eigenvalue weighted by Crippen LogP contribution is 2.70. The van der Waals surface area contributed by atoms with Crippen LogP contribution >= 0.6 is 11.3 Å². The van der Waals surface area contributed by atoms with E-state index in [9.17, 15) is 15.0 Å². The van der Waals surface area contributed by atoms with Gasteiger partial charge in [0.2, 0.25) is 5.88 Å². The van der Waals surface area contributed by atoms with Gasteiger partial charge in [0, 0.05) is 15.9 Å². The number of esters is 1. The Balaban J connectivity index is 1.65. The van der Waals surface area contributed by atoms with Crippen LogP contribution in [-0.2, 0) is 21.5 Å². The summed E-state index contributed by atoms with van der Waals surface area (Å²) >= 11 is 1.76. The molecular weight excluding hydrogens is 386 g/mol. The third-order valence-electron chi connectivity index (χ3n) is 8.23. The number of methoxy groups -OCH3 is 1. The molecule has 2 aromatic heterocycles. The van der Waals surface area contributed by atoms with Crippen LogP contribution in [0, 0.1) is 23.7 Å². The highest BCUT2D eigenvalue weighted by Gasteiger charge is 2.63. The van der Waals surface area contributed by atoms with Crippen molar-refractivity contribution in [3.05, 3.63) is 39.6 Å². The van der Waals surface area contributed by atoms with E-state index < -0.39 is 5.97 Å². The SMILES string of the molecule is C=C1c2ccsc2C2(c3c1c(O)n(CC(=O)OC)c3O)C1CC3CC(C1)CC2C3. The van der Waals surface area contributed by atoms with Crippen LogP contribution in [0.15, 0.2) is 18.0 Å². The molecule has 0 aromatic carbocycles. The summed E-state index contributed by atoms with van der Waals surface area (Å²) in [5.74, 6) is 1.93. The number of fused-ring (bicyclic) bond motifs is 2. The molecule has 2 aromatic rings. The molecule has 2 heterocycles. The quantitative estimate of drug-likeness (QED) is 0.725. The molecule has 2 N–H and O–H groups in total. The lowest BCUT2D eigenvalue weighted by molar-refractivity contribution is -0.141. The predicted molar refractivity (Wildman–Crippen MR) is 110 cm³/mol. The molecule has 0 atom stereocenters. The number of thiophene rings is 1. The molecule has 0 radical (unpaired) electrons. The zero-order chi connectivity index (χ0) is 20.1. The van der Waals surface area contributed by atoms with Gasteiger partial charge in [-0.25, -0.2) is 0 Å². The van der Waals surface area contributed by atoms with Gasteiger partial charge in [0.15, 0.2) is 5.88 Å². The summed E-state index contributed by atoms with van der Waals surface area (Å²) in [6.07, 6.45) is 6.06. The van der Waals surface area contributed by atoms with Crippen molar-refractivity contribution in [1.82, 2.24) is 4.57 Å². The average molecular weight is 412 g/mol. The fourth-order valence-corrected chi connectivity index (χ4v) is 8.73. The summed E-state index contributed by atoms with van der Waals surface area (Å²) in [5.41, 5.74) is 3.00. The molecule has 6 heteroatoms. The molecular formula is C23H25NO4S. The van der Waals surface area contributed by atoms with Crippen LogP contribution in [0.1, 0.15) is 53.7 Å². The zero-order valence-corrected chi connectivity index (χ0v) is 17.3. The molecule has 152 valence electrons. The lowest BCUT2D eigenvalue weighted by Gasteiger charge is -2.62. The first kappa shape index (κ1) is 17.6. The van der Waals surface area contributed by atoms with Crippen molar-refractivity contribution in [2.24, 2.45) is 23.7 Å². The van der Waals surface area contributed by atoms with Crippen molar-refractivity contribution in [2.45, 2.75) is 44.1 Å². The van der Waals surface area contributed by atoms with E-state index in [0.29, 0.717) is 17.4 Å². The fourth-order valence-electron chi connectivity index (χ4n) is 7.44. The van der Waals surface area contributed by atoms with Gasteiger partial charge in [-0.3, -0.25) is 9.36 Å². The monoisotopic (exact) mass is 411 g/mol. The summed E-state index contributed by atoms with van der Waals surface area (Å²) in [6.45, 7) is 4.08. The van der Waals surface area contributed by atoms with E-state index in [1.807, 2.05) is 0 Å². The molecule has 7 rings (SSSR count). The second-order valence-electron chi connectivity index (χ2n) is 9.37. The van der Waals surface area contributed by atoms with Crippen LogP contribution in [0.3, 0.4) is 0 Å². The highest BCUT2D eigenvalue weighted by molar-refractivity contribution is 7.10. The molecule has 29 heavy (non-hydrogen) atoms. The van der Waals surface area contributed by atoms with Crippen LogP contribution in [0.25, 0.3) is 5.57 Å². The topological polar surface area (TPSA) is 71.7 Å². The number of carbonyl (C=O) groups excluding carboxylic acids is 1. The summed E-state index contributed by atoms with van der Waals surface area (Å²) in [5, 5.41) is 24.6. The number of aromatic nitrogens is 1. The molecule has 4 bridgehead atoms. The van der Waals surface area contributed by atoms with E-state index in [1.54, 1.807) is 11.3 Å². The van der Waals surface area contributed by atoms with Gasteiger partial charge in [-0.15, -0.1) is 11.3 Å². The van der Waals surface area contributed by atoms with Crippen molar-refractivity contribution < 1.29 is 19.7 Å². The number of nitrogens with zero attached hydrogens (tertiary/aromatic N) is 1. The van der Waals surface area contributed by atoms with Crippen LogP contribution in [0.4, 0.5) is 0 Å². The number of hydrogen-bond donors (Lipinski definition) is 2. The molecule has 4 saturated carbocycles.